The zero-order valence-corrected chi connectivity index (χ0v) is 21.5. The molecule has 10 nitrogen and oxygen atoms in total. The molecule has 5 heterocycles. The molecule has 5 aromatic rings. The lowest BCUT2D eigenvalue weighted by atomic mass is 10.2. The number of rotatable bonds is 4. The molecule has 3 N–H and O–H groups in total. The Kier molecular flexibility index (Phi) is 5.85. The molecule has 0 saturated carbocycles. The summed E-state index contributed by atoms with van der Waals surface area (Å²) in [6, 6.07) is 26.6. The number of amides is 2. The van der Waals surface area contributed by atoms with Gasteiger partial charge in [0.1, 0.15) is 23.2 Å². The van der Waals surface area contributed by atoms with Gasteiger partial charge in [-0.1, -0.05) is 36.4 Å². The summed E-state index contributed by atoms with van der Waals surface area (Å²) in [7, 11) is 0. The molecule has 0 spiro atoms. The van der Waals surface area contributed by atoms with E-state index < -0.39 is 0 Å². The minimum atomic E-state index is -0.206. The normalized spacial score (nSPS) is 15.0. The Morgan fingerprint density at radius 1 is 0.650 bits per heavy atom. The van der Waals surface area contributed by atoms with Crippen LogP contribution in [-0.4, -0.2) is 67.7 Å². The van der Waals surface area contributed by atoms with Crippen LogP contribution in [0.5, 0.6) is 0 Å². The number of nitrogens with one attached hydrogen (secondary N) is 3. The van der Waals surface area contributed by atoms with Crippen molar-refractivity contribution in [1.29, 1.82) is 0 Å². The fourth-order valence-electron chi connectivity index (χ4n) is 5.16. The van der Waals surface area contributed by atoms with Gasteiger partial charge >= 0.3 is 0 Å². The number of fused-ring (bicyclic) bond motifs is 2. The van der Waals surface area contributed by atoms with Crippen molar-refractivity contribution in [2.45, 2.75) is 6.17 Å². The minimum absolute atomic E-state index is 0.144. The number of H-pyrrole nitrogens is 1. The lowest BCUT2D eigenvalue weighted by molar-refractivity contribution is 0.0529. The summed E-state index contributed by atoms with van der Waals surface area (Å²) in [6.07, 6.45) is -0.206. The Morgan fingerprint density at radius 2 is 1.25 bits per heavy atom. The van der Waals surface area contributed by atoms with Gasteiger partial charge in [-0.15, -0.1) is 0 Å². The molecule has 10 heteroatoms. The number of aromatic amines is 1. The second kappa shape index (κ2) is 9.81. The van der Waals surface area contributed by atoms with Crippen LogP contribution in [0.2, 0.25) is 0 Å². The zero-order chi connectivity index (χ0) is 27.1. The highest BCUT2D eigenvalue weighted by Crippen LogP contribution is 2.34. The molecule has 1 fully saturated rings. The molecule has 2 aliphatic heterocycles. The summed E-state index contributed by atoms with van der Waals surface area (Å²) in [5.74, 6) is 0.311. The average molecular weight is 531 g/mol. The molecule has 198 valence electrons. The number of piperazine rings is 1. The van der Waals surface area contributed by atoms with Gasteiger partial charge in [0.15, 0.2) is 5.82 Å². The van der Waals surface area contributed by atoms with Crippen LogP contribution in [0, 0.1) is 0 Å². The Balaban J connectivity index is 1.01. The number of carbonyl (C=O) groups is 2. The molecular formula is C30H26N8O2. The molecule has 2 amide bonds. The molecule has 0 atom stereocenters. The van der Waals surface area contributed by atoms with Crippen LogP contribution in [0.25, 0.3) is 22.6 Å². The van der Waals surface area contributed by atoms with Crippen molar-refractivity contribution in [3.8, 4) is 11.5 Å². The third-order valence-corrected chi connectivity index (χ3v) is 7.27. The van der Waals surface area contributed by atoms with Gasteiger partial charge in [0.25, 0.3) is 11.8 Å². The van der Waals surface area contributed by atoms with E-state index in [0.29, 0.717) is 49.1 Å². The van der Waals surface area contributed by atoms with Crippen LogP contribution in [0.4, 0.5) is 11.4 Å². The molecule has 3 aromatic heterocycles. The third-order valence-electron chi connectivity index (χ3n) is 7.27. The van der Waals surface area contributed by atoms with Crippen LogP contribution in [0.1, 0.15) is 32.8 Å². The van der Waals surface area contributed by atoms with Gasteiger partial charge in [-0.3, -0.25) is 9.59 Å². The van der Waals surface area contributed by atoms with Crippen molar-refractivity contribution in [2.24, 2.45) is 0 Å². The predicted octanol–water partition coefficient (Wildman–Crippen LogP) is 4.15. The van der Waals surface area contributed by atoms with Crippen molar-refractivity contribution >= 4 is 34.2 Å². The summed E-state index contributed by atoms with van der Waals surface area (Å²) in [4.78, 5) is 47.2. The fourth-order valence-corrected chi connectivity index (χ4v) is 5.16. The van der Waals surface area contributed by atoms with Crippen molar-refractivity contribution in [1.82, 2.24) is 29.7 Å². The van der Waals surface area contributed by atoms with Gasteiger partial charge in [-0.05, 0) is 48.5 Å². The quantitative estimate of drug-likeness (QED) is 0.319. The molecule has 1 saturated heterocycles. The lowest BCUT2D eigenvalue weighted by Crippen LogP contribution is -2.50. The van der Waals surface area contributed by atoms with Gasteiger partial charge in [0, 0.05) is 26.2 Å². The Labute approximate surface area is 230 Å². The summed E-state index contributed by atoms with van der Waals surface area (Å²) in [5, 5.41) is 6.79. The molecular weight excluding hydrogens is 504 g/mol. The Hall–Kier alpha value is -5.25. The molecule has 0 aliphatic carbocycles. The predicted molar refractivity (Wildman–Crippen MR) is 152 cm³/mol. The summed E-state index contributed by atoms with van der Waals surface area (Å²) in [5.41, 5.74) is 5.86. The Bertz CT molecular complexity index is 1680. The smallest absolute Gasteiger partial charge is 0.272 e. The van der Waals surface area contributed by atoms with E-state index in [1.807, 2.05) is 72.8 Å². The number of para-hydroxylation sites is 4. The third kappa shape index (κ3) is 4.39. The summed E-state index contributed by atoms with van der Waals surface area (Å²) < 4.78 is 0. The monoisotopic (exact) mass is 530 g/mol. The van der Waals surface area contributed by atoms with E-state index in [1.165, 1.54) is 0 Å². The number of benzene rings is 2. The highest BCUT2D eigenvalue weighted by atomic mass is 16.2. The van der Waals surface area contributed by atoms with Crippen molar-refractivity contribution in [3.63, 3.8) is 0 Å². The SMILES string of the molecule is O=C(c1cccc(-c2nc3ccccc3[nH]2)n1)N1CCN(C(=O)c2cccc(C3Nc4ccccc4N3)n2)CC1. The second-order valence-corrected chi connectivity index (χ2v) is 9.81. The van der Waals surface area contributed by atoms with Gasteiger partial charge in [-0.25, -0.2) is 15.0 Å². The van der Waals surface area contributed by atoms with Crippen molar-refractivity contribution in [2.75, 3.05) is 36.8 Å². The van der Waals surface area contributed by atoms with Crippen LogP contribution >= 0.6 is 0 Å². The Morgan fingerprint density at radius 3 is 1.93 bits per heavy atom. The van der Waals surface area contributed by atoms with E-state index >= 15 is 0 Å². The number of imidazole rings is 1. The zero-order valence-electron chi connectivity index (χ0n) is 21.5. The first kappa shape index (κ1) is 23.8. The first-order chi connectivity index (χ1) is 19.6. The lowest BCUT2D eigenvalue weighted by Gasteiger charge is -2.34. The van der Waals surface area contributed by atoms with Crippen LogP contribution in [0.15, 0.2) is 84.9 Å². The average Bonchev–Trinajstić information content (AvgIpc) is 3.65. The molecule has 0 unspecified atom stereocenters. The maximum Gasteiger partial charge on any atom is 0.272 e. The fraction of sp³-hybridized carbons (Fsp3) is 0.167. The van der Waals surface area contributed by atoms with E-state index in [1.54, 1.807) is 21.9 Å². The highest BCUT2D eigenvalue weighted by molar-refractivity contribution is 5.94. The molecule has 7 rings (SSSR count). The van der Waals surface area contributed by atoms with E-state index in [-0.39, 0.29) is 18.0 Å². The van der Waals surface area contributed by atoms with Gasteiger partial charge in [0.05, 0.1) is 28.1 Å². The van der Waals surface area contributed by atoms with E-state index in [2.05, 4.69) is 30.6 Å². The van der Waals surface area contributed by atoms with E-state index in [4.69, 9.17) is 0 Å². The number of aromatic nitrogens is 4. The molecule has 2 aliphatic rings. The molecule has 2 aromatic carbocycles. The van der Waals surface area contributed by atoms with Crippen molar-refractivity contribution in [3.05, 3.63) is 102 Å². The van der Waals surface area contributed by atoms with Gasteiger partial charge in [0.2, 0.25) is 0 Å². The molecule has 0 radical (unpaired) electrons. The summed E-state index contributed by atoms with van der Waals surface area (Å²) in [6.45, 7) is 1.68. The first-order valence-electron chi connectivity index (χ1n) is 13.2. The number of hydrogen-bond acceptors (Lipinski definition) is 7. The standard InChI is InChI=1S/C30H26N8O2/c39-29(25-13-5-11-23(31-25)27-33-19-7-1-2-8-20(19)34-27)37-15-17-38(18-16-37)30(40)26-14-6-12-24(32-26)28-35-21-9-3-4-10-22(21)36-28/h1-14,27,33-34H,15-18H2,(H,35,36). The first-order valence-corrected chi connectivity index (χ1v) is 13.2. The van der Waals surface area contributed by atoms with E-state index in [9.17, 15) is 9.59 Å². The number of hydrogen-bond donors (Lipinski definition) is 3. The van der Waals surface area contributed by atoms with Gasteiger partial charge in [-0.2, -0.15) is 0 Å². The maximum atomic E-state index is 13.3. The molecule has 40 heavy (non-hydrogen) atoms. The largest absolute Gasteiger partial charge is 0.359 e. The van der Waals surface area contributed by atoms with Gasteiger partial charge < -0.3 is 25.4 Å². The van der Waals surface area contributed by atoms with Crippen LogP contribution in [0.3, 0.4) is 0 Å². The molecule has 0 bridgehead atoms. The van der Waals surface area contributed by atoms with Crippen LogP contribution < -0.4 is 10.6 Å². The van der Waals surface area contributed by atoms with Crippen molar-refractivity contribution < 1.29 is 9.59 Å². The topological polar surface area (TPSA) is 119 Å². The highest BCUT2D eigenvalue weighted by Gasteiger charge is 2.28. The summed E-state index contributed by atoms with van der Waals surface area (Å²) >= 11 is 0. The number of carbonyl (C=O) groups excluding carboxylic acids is 2. The number of anilines is 2. The van der Waals surface area contributed by atoms with Crippen LogP contribution in [-0.2, 0) is 0 Å². The van der Waals surface area contributed by atoms with E-state index in [0.717, 1.165) is 28.1 Å². The number of nitrogens with zero attached hydrogens (tertiary/aromatic N) is 5. The number of pyridine rings is 2. The maximum absolute atomic E-state index is 13.3. The second-order valence-electron chi connectivity index (χ2n) is 9.81. The minimum Gasteiger partial charge on any atom is -0.359 e.